The monoisotopic (exact) mass is 378 g/mol. The number of aromatic nitrogens is 3. The van der Waals surface area contributed by atoms with Gasteiger partial charge in [0.15, 0.2) is 0 Å². The molecule has 2 aromatic heterocycles. The molecule has 9 heteroatoms. The number of ether oxygens (including phenoxy) is 1. The predicted molar refractivity (Wildman–Crippen MR) is 93.8 cm³/mol. The quantitative estimate of drug-likeness (QED) is 0.750. The molecule has 0 unspecified atom stereocenters. The average molecular weight is 378 g/mol. The van der Waals surface area contributed by atoms with Crippen molar-refractivity contribution in [2.24, 2.45) is 5.92 Å². The lowest BCUT2D eigenvalue weighted by Gasteiger charge is -2.24. The van der Waals surface area contributed by atoms with Gasteiger partial charge in [-0.1, -0.05) is 11.6 Å². The molecule has 8 nitrogen and oxygen atoms in total. The van der Waals surface area contributed by atoms with Gasteiger partial charge in [0.05, 0.1) is 17.8 Å². The first-order chi connectivity index (χ1) is 12.5. The van der Waals surface area contributed by atoms with E-state index in [1.54, 1.807) is 16.7 Å². The first-order valence-corrected chi connectivity index (χ1v) is 10.4. The number of hydrogen-bond donors (Lipinski definition) is 0. The van der Waals surface area contributed by atoms with Crippen LogP contribution >= 0.6 is 0 Å². The Morgan fingerprint density at radius 2 is 2.35 bits per heavy atom. The SMILES string of the molecule is COCCS(=O)(=O)N1C[C@H]2CCC[C@@]2(c2nc(-c3cccnc3)no2)C1. The van der Waals surface area contributed by atoms with Crippen LogP contribution in [-0.4, -0.2) is 60.4 Å². The lowest BCUT2D eigenvalue weighted by atomic mass is 9.80. The Kier molecular flexibility index (Phi) is 4.54. The van der Waals surface area contributed by atoms with E-state index in [9.17, 15) is 8.42 Å². The van der Waals surface area contributed by atoms with Crippen LogP contribution in [0, 0.1) is 5.92 Å². The van der Waals surface area contributed by atoms with E-state index < -0.39 is 10.0 Å². The molecule has 1 saturated heterocycles. The first-order valence-electron chi connectivity index (χ1n) is 8.76. The van der Waals surface area contributed by atoms with Gasteiger partial charge in [0.1, 0.15) is 0 Å². The Bertz CT molecular complexity index is 870. The number of sulfonamides is 1. The van der Waals surface area contributed by atoms with Crippen LogP contribution in [0.1, 0.15) is 25.2 Å². The van der Waals surface area contributed by atoms with Crippen molar-refractivity contribution < 1.29 is 17.7 Å². The minimum atomic E-state index is -3.35. The van der Waals surface area contributed by atoms with E-state index in [1.165, 1.54) is 7.11 Å². The summed E-state index contributed by atoms with van der Waals surface area (Å²) in [5, 5.41) is 4.11. The van der Waals surface area contributed by atoms with Crippen molar-refractivity contribution >= 4 is 10.0 Å². The average Bonchev–Trinajstić information content (AvgIpc) is 3.34. The summed E-state index contributed by atoms with van der Waals surface area (Å²) < 4.78 is 37.3. The minimum absolute atomic E-state index is 0.00291. The van der Waals surface area contributed by atoms with Gasteiger partial charge in [-0.25, -0.2) is 12.7 Å². The molecule has 1 aliphatic heterocycles. The molecule has 140 valence electrons. The van der Waals surface area contributed by atoms with Gasteiger partial charge in [-0.2, -0.15) is 4.98 Å². The summed E-state index contributed by atoms with van der Waals surface area (Å²) in [6.45, 7) is 1.11. The normalized spacial score (nSPS) is 26.3. The van der Waals surface area contributed by atoms with E-state index in [0.29, 0.717) is 24.8 Å². The lowest BCUT2D eigenvalue weighted by Crippen LogP contribution is -2.36. The van der Waals surface area contributed by atoms with Gasteiger partial charge in [-0.3, -0.25) is 4.98 Å². The van der Waals surface area contributed by atoms with Gasteiger partial charge >= 0.3 is 0 Å². The number of pyridine rings is 1. The molecule has 0 amide bonds. The van der Waals surface area contributed by atoms with Crippen molar-refractivity contribution in [2.75, 3.05) is 32.6 Å². The molecule has 2 aromatic rings. The number of hydrogen-bond acceptors (Lipinski definition) is 7. The second-order valence-corrected chi connectivity index (χ2v) is 9.10. The Labute approximate surface area is 152 Å². The summed E-state index contributed by atoms with van der Waals surface area (Å²) in [5.41, 5.74) is 0.407. The maximum atomic E-state index is 12.6. The summed E-state index contributed by atoms with van der Waals surface area (Å²) in [6.07, 6.45) is 6.26. The summed E-state index contributed by atoms with van der Waals surface area (Å²) in [5.74, 6) is 1.25. The number of fused-ring (bicyclic) bond motifs is 1. The Hall–Kier alpha value is -1.84. The third-order valence-corrected chi connectivity index (χ3v) is 7.30. The van der Waals surface area contributed by atoms with Gasteiger partial charge in [0.2, 0.25) is 21.7 Å². The zero-order valence-corrected chi connectivity index (χ0v) is 15.5. The fourth-order valence-electron chi connectivity index (χ4n) is 4.16. The molecule has 4 rings (SSSR count). The van der Waals surface area contributed by atoms with Crippen LogP contribution < -0.4 is 0 Å². The summed E-state index contributed by atoms with van der Waals surface area (Å²) >= 11 is 0. The van der Waals surface area contributed by atoms with E-state index in [0.717, 1.165) is 24.8 Å². The molecule has 3 heterocycles. The zero-order valence-electron chi connectivity index (χ0n) is 14.7. The fraction of sp³-hybridized carbons (Fsp3) is 0.588. The van der Waals surface area contributed by atoms with Gasteiger partial charge in [-0.05, 0) is 30.9 Å². The lowest BCUT2D eigenvalue weighted by molar-refractivity contribution is 0.215. The van der Waals surface area contributed by atoms with E-state index in [-0.39, 0.29) is 23.7 Å². The minimum Gasteiger partial charge on any atom is -0.384 e. The molecule has 2 atom stereocenters. The Balaban J connectivity index is 1.62. The van der Waals surface area contributed by atoms with Crippen LogP contribution in [0.15, 0.2) is 29.0 Å². The summed E-state index contributed by atoms with van der Waals surface area (Å²) in [7, 11) is -1.84. The van der Waals surface area contributed by atoms with Gasteiger partial charge in [0, 0.05) is 38.2 Å². The second kappa shape index (κ2) is 6.71. The molecule has 0 radical (unpaired) electrons. The van der Waals surface area contributed by atoms with Gasteiger partial charge in [0.25, 0.3) is 0 Å². The molecular formula is C17H22N4O4S. The molecule has 2 fully saturated rings. The van der Waals surface area contributed by atoms with Crippen LogP contribution in [0.5, 0.6) is 0 Å². The van der Waals surface area contributed by atoms with Crippen molar-refractivity contribution in [2.45, 2.75) is 24.7 Å². The van der Waals surface area contributed by atoms with Gasteiger partial charge < -0.3 is 9.26 Å². The summed E-state index contributed by atoms with van der Waals surface area (Å²) in [4.78, 5) is 8.70. The molecule has 1 aliphatic carbocycles. The predicted octanol–water partition coefficient (Wildman–Crippen LogP) is 1.46. The molecule has 0 spiro atoms. The van der Waals surface area contributed by atoms with E-state index >= 15 is 0 Å². The Morgan fingerprint density at radius 3 is 3.12 bits per heavy atom. The summed E-state index contributed by atoms with van der Waals surface area (Å²) in [6, 6.07) is 3.70. The van der Waals surface area contributed by atoms with Gasteiger partial charge in [-0.15, -0.1) is 0 Å². The van der Waals surface area contributed by atoms with Crippen molar-refractivity contribution in [1.82, 2.24) is 19.4 Å². The number of rotatable bonds is 6. The molecular weight excluding hydrogens is 356 g/mol. The van der Waals surface area contributed by atoms with Crippen molar-refractivity contribution in [3.05, 3.63) is 30.4 Å². The van der Waals surface area contributed by atoms with E-state index in [2.05, 4.69) is 15.1 Å². The van der Waals surface area contributed by atoms with Crippen LogP contribution in [0.4, 0.5) is 0 Å². The van der Waals surface area contributed by atoms with Crippen LogP contribution in [-0.2, 0) is 20.2 Å². The largest absolute Gasteiger partial charge is 0.384 e. The molecule has 1 saturated carbocycles. The maximum absolute atomic E-state index is 12.6. The number of methoxy groups -OCH3 is 1. The smallest absolute Gasteiger partial charge is 0.234 e. The second-order valence-electron chi connectivity index (χ2n) is 7.01. The highest BCUT2D eigenvalue weighted by molar-refractivity contribution is 7.89. The van der Waals surface area contributed by atoms with Crippen molar-refractivity contribution in [3.8, 4) is 11.4 Å². The Morgan fingerprint density at radius 1 is 1.46 bits per heavy atom. The highest BCUT2D eigenvalue weighted by Crippen LogP contribution is 2.50. The van der Waals surface area contributed by atoms with Crippen LogP contribution in [0.2, 0.25) is 0 Å². The van der Waals surface area contributed by atoms with Crippen molar-refractivity contribution in [1.29, 1.82) is 0 Å². The highest BCUT2D eigenvalue weighted by atomic mass is 32.2. The fourth-order valence-corrected chi connectivity index (χ4v) is 5.63. The molecule has 0 aromatic carbocycles. The molecule has 0 bridgehead atoms. The highest BCUT2D eigenvalue weighted by Gasteiger charge is 2.56. The van der Waals surface area contributed by atoms with Crippen LogP contribution in [0.3, 0.4) is 0 Å². The van der Waals surface area contributed by atoms with Crippen LogP contribution in [0.25, 0.3) is 11.4 Å². The topological polar surface area (TPSA) is 98.4 Å². The van der Waals surface area contributed by atoms with E-state index in [4.69, 9.17) is 9.26 Å². The van der Waals surface area contributed by atoms with Crippen molar-refractivity contribution in [3.63, 3.8) is 0 Å². The maximum Gasteiger partial charge on any atom is 0.234 e. The first kappa shape index (κ1) is 17.6. The van der Waals surface area contributed by atoms with E-state index in [1.807, 2.05) is 12.1 Å². The third-order valence-electron chi connectivity index (χ3n) is 5.55. The number of nitrogens with zero attached hydrogens (tertiary/aromatic N) is 4. The molecule has 0 N–H and O–H groups in total. The molecule has 2 aliphatic rings. The zero-order chi connectivity index (χ0) is 18.2. The standard InChI is InChI=1S/C17H22N4O4S/c1-24-8-9-26(22,23)21-11-14-5-2-6-17(14,12-21)16-19-15(20-25-16)13-4-3-7-18-10-13/h3-4,7,10,14H,2,5-6,8-9,11-12H2,1H3/t14-,17-/m1/s1. The molecule has 26 heavy (non-hydrogen) atoms. The third kappa shape index (κ3) is 2.93.